The smallest absolute Gasteiger partial charge is 0.0352 e. The van der Waals surface area contributed by atoms with Gasteiger partial charge in [0.2, 0.25) is 0 Å². The fourth-order valence-electron chi connectivity index (χ4n) is 5.77. The van der Waals surface area contributed by atoms with Gasteiger partial charge in [-0.3, -0.25) is 0 Å². The molecule has 1 nitrogen and oxygen atoms in total. The molecule has 0 spiro atoms. The van der Waals surface area contributed by atoms with Crippen LogP contribution >= 0.6 is 0 Å². The number of nitrogen functional groups attached to an aromatic ring is 1. The monoisotopic (exact) mass is 450 g/mol. The van der Waals surface area contributed by atoms with Gasteiger partial charge < -0.3 is 5.73 Å². The third-order valence-electron chi connectivity index (χ3n) is 7.70. The van der Waals surface area contributed by atoms with Gasteiger partial charge in [-0.15, -0.1) is 0 Å². The minimum Gasteiger partial charge on any atom is -0.398 e. The minimum atomic E-state index is 0. The topological polar surface area (TPSA) is 26.0 Å². The number of benzene rings is 1. The van der Waals surface area contributed by atoms with Crippen LogP contribution in [0.3, 0.4) is 0 Å². The van der Waals surface area contributed by atoms with Gasteiger partial charge in [0.1, 0.15) is 0 Å². The summed E-state index contributed by atoms with van der Waals surface area (Å²) in [5.41, 5.74) is 10.7. The molecule has 2 rings (SSSR count). The Morgan fingerprint density at radius 1 is 0.625 bits per heavy atom. The van der Waals surface area contributed by atoms with Crippen molar-refractivity contribution >= 4 is 35.2 Å². The van der Waals surface area contributed by atoms with E-state index in [9.17, 15) is 0 Å². The zero-order chi connectivity index (χ0) is 22.2. The second-order valence-corrected chi connectivity index (χ2v) is 10.3. The number of hydrogen-bond acceptors (Lipinski definition) is 1. The predicted molar refractivity (Wildman–Crippen MR) is 146 cm³/mol. The predicted octanol–water partition coefficient (Wildman–Crippen LogP) is 9.91. The average Bonchev–Trinajstić information content (AvgIpc) is 2.78. The van der Waals surface area contributed by atoms with Gasteiger partial charge in [0.15, 0.2) is 0 Å². The van der Waals surface area contributed by atoms with Crippen molar-refractivity contribution in [2.75, 3.05) is 5.73 Å². The summed E-state index contributed by atoms with van der Waals surface area (Å²) in [6.07, 6.45) is 28.1. The van der Waals surface area contributed by atoms with E-state index in [4.69, 9.17) is 5.73 Å². The van der Waals surface area contributed by atoms with Crippen molar-refractivity contribution < 1.29 is 0 Å². The molecule has 2 atom stereocenters. The normalized spacial score (nSPS) is 17.7. The standard InChI is InChI=1S/C30H53N.Na/c1-3-5-7-9-11-12-13-14-16-17-20-26-24-25-27(21-18-15-10-8-6-4-2)30-28(26)22-19-23-29(30)31;/h19,22-23,26-27H,3-18,20-21,24-25,31H2,1-2H3;. The summed E-state index contributed by atoms with van der Waals surface area (Å²) < 4.78 is 0. The molecule has 1 aliphatic rings. The van der Waals surface area contributed by atoms with E-state index in [-0.39, 0.29) is 29.6 Å². The van der Waals surface area contributed by atoms with Crippen molar-refractivity contribution in [3.63, 3.8) is 0 Å². The van der Waals surface area contributed by atoms with Crippen LogP contribution in [0, 0.1) is 0 Å². The Balaban J connectivity index is 0.00000512. The molecule has 1 aromatic carbocycles. The maximum Gasteiger partial charge on any atom is 0.0352 e. The maximum atomic E-state index is 6.52. The summed E-state index contributed by atoms with van der Waals surface area (Å²) in [6.45, 7) is 4.60. The molecule has 0 saturated carbocycles. The summed E-state index contributed by atoms with van der Waals surface area (Å²) in [5.74, 6) is 1.47. The van der Waals surface area contributed by atoms with Crippen LogP contribution in [0.5, 0.6) is 0 Å². The molecule has 0 heterocycles. The van der Waals surface area contributed by atoms with Gasteiger partial charge >= 0.3 is 0 Å². The minimum absolute atomic E-state index is 0. The van der Waals surface area contributed by atoms with Crippen molar-refractivity contribution in [1.29, 1.82) is 0 Å². The molecule has 0 bridgehead atoms. The van der Waals surface area contributed by atoms with Gasteiger partial charge in [-0.1, -0.05) is 129 Å². The van der Waals surface area contributed by atoms with Gasteiger partial charge in [-0.25, -0.2) is 0 Å². The Hall–Kier alpha value is 0.0200. The molecule has 0 aromatic heterocycles. The zero-order valence-electron chi connectivity index (χ0n) is 22.1. The fourth-order valence-corrected chi connectivity index (χ4v) is 5.77. The van der Waals surface area contributed by atoms with E-state index in [2.05, 4.69) is 32.0 Å². The van der Waals surface area contributed by atoms with Crippen LogP contribution in [0.2, 0.25) is 0 Å². The number of rotatable bonds is 18. The van der Waals surface area contributed by atoms with E-state index in [1.807, 2.05) is 0 Å². The van der Waals surface area contributed by atoms with E-state index in [1.54, 1.807) is 11.1 Å². The Labute approximate surface area is 223 Å². The fraction of sp³-hybridized carbons (Fsp3) is 0.800. The first kappa shape index (κ1) is 30.1. The molecule has 1 aliphatic carbocycles. The molecule has 32 heavy (non-hydrogen) atoms. The van der Waals surface area contributed by atoms with E-state index in [1.165, 1.54) is 128 Å². The van der Waals surface area contributed by atoms with Crippen LogP contribution in [0.4, 0.5) is 5.69 Å². The summed E-state index contributed by atoms with van der Waals surface area (Å²) in [7, 11) is 0. The van der Waals surface area contributed by atoms with Gasteiger partial charge in [0.05, 0.1) is 0 Å². The second-order valence-electron chi connectivity index (χ2n) is 10.3. The van der Waals surface area contributed by atoms with Crippen LogP contribution in [-0.4, -0.2) is 29.6 Å². The maximum absolute atomic E-state index is 6.52. The van der Waals surface area contributed by atoms with Crippen molar-refractivity contribution in [1.82, 2.24) is 0 Å². The molecular formula is C30H53NNa. The first-order chi connectivity index (χ1) is 15.3. The van der Waals surface area contributed by atoms with E-state index in [0.717, 1.165) is 11.6 Å². The molecule has 1 aromatic rings. The van der Waals surface area contributed by atoms with Gasteiger partial charge in [0, 0.05) is 35.2 Å². The van der Waals surface area contributed by atoms with Crippen LogP contribution in [0.1, 0.15) is 165 Å². The molecule has 0 saturated heterocycles. The van der Waals surface area contributed by atoms with Gasteiger partial charge in [-0.05, 0) is 54.7 Å². The van der Waals surface area contributed by atoms with Crippen molar-refractivity contribution in [3.8, 4) is 0 Å². The van der Waals surface area contributed by atoms with Crippen molar-refractivity contribution in [3.05, 3.63) is 29.3 Å². The van der Waals surface area contributed by atoms with Crippen molar-refractivity contribution in [2.24, 2.45) is 0 Å². The number of unbranched alkanes of at least 4 members (excludes halogenated alkanes) is 14. The Kier molecular flexibility index (Phi) is 18.2. The molecular weight excluding hydrogens is 397 g/mol. The van der Waals surface area contributed by atoms with Crippen LogP contribution in [-0.2, 0) is 0 Å². The first-order valence-electron chi connectivity index (χ1n) is 14.2. The summed E-state index contributed by atoms with van der Waals surface area (Å²) in [6, 6.07) is 6.75. The molecule has 2 unspecified atom stereocenters. The summed E-state index contributed by atoms with van der Waals surface area (Å²) in [4.78, 5) is 0. The van der Waals surface area contributed by atoms with E-state index < -0.39 is 0 Å². The van der Waals surface area contributed by atoms with Gasteiger partial charge in [0.25, 0.3) is 0 Å². The number of nitrogens with two attached hydrogens (primary N) is 1. The van der Waals surface area contributed by atoms with Crippen LogP contribution in [0.15, 0.2) is 18.2 Å². The number of fused-ring (bicyclic) bond motifs is 1. The average molecular weight is 451 g/mol. The third kappa shape index (κ3) is 11.4. The summed E-state index contributed by atoms with van der Waals surface area (Å²) >= 11 is 0. The molecule has 0 aliphatic heterocycles. The van der Waals surface area contributed by atoms with Crippen LogP contribution in [0.25, 0.3) is 0 Å². The Morgan fingerprint density at radius 3 is 1.59 bits per heavy atom. The molecule has 0 amide bonds. The Bertz CT molecular complexity index is 570. The van der Waals surface area contributed by atoms with Gasteiger partial charge in [-0.2, -0.15) is 0 Å². The van der Waals surface area contributed by atoms with E-state index >= 15 is 0 Å². The van der Waals surface area contributed by atoms with Crippen LogP contribution < -0.4 is 5.73 Å². The largest absolute Gasteiger partial charge is 0.398 e. The van der Waals surface area contributed by atoms with Crippen molar-refractivity contribution in [2.45, 2.75) is 154 Å². The molecule has 2 heteroatoms. The Morgan fingerprint density at radius 2 is 1.06 bits per heavy atom. The molecule has 2 N–H and O–H groups in total. The molecule has 0 fully saturated rings. The molecule has 179 valence electrons. The third-order valence-corrected chi connectivity index (χ3v) is 7.70. The SMILES string of the molecule is CCCCCCCCCCCCC1CCC(CCCCCCCC)c2c(N)cccc21.[Na]. The first-order valence-corrected chi connectivity index (χ1v) is 14.2. The molecule has 1 radical (unpaired) electrons. The quantitative estimate of drug-likeness (QED) is 0.134. The van der Waals surface area contributed by atoms with E-state index in [0.29, 0.717) is 5.92 Å². The second kappa shape index (κ2) is 19.3. The zero-order valence-corrected chi connectivity index (χ0v) is 24.1. The summed E-state index contributed by atoms with van der Waals surface area (Å²) in [5, 5.41) is 0. The number of hydrogen-bond donors (Lipinski definition) is 1. The number of anilines is 1.